The van der Waals surface area contributed by atoms with Crippen LogP contribution in [0.25, 0.3) is 0 Å². The quantitative estimate of drug-likeness (QED) is 0.767. The standard InChI is InChI=1S/C17H25NO2/c18-13-16(8-5-2-6-15(16)19)12-14-7-11-17(20-14)9-3-1-4-10-17/h14H,1-12H2. The Bertz CT molecular complexity index is 419. The van der Waals surface area contributed by atoms with Crippen LogP contribution in [0.3, 0.4) is 0 Å². The molecule has 2 saturated carbocycles. The second-order valence-corrected chi connectivity index (χ2v) is 7.05. The van der Waals surface area contributed by atoms with Crippen molar-refractivity contribution in [3.63, 3.8) is 0 Å². The first kappa shape index (κ1) is 14.1. The summed E-state index contributed by atoms with van der Waals surface area (Å²) < 4.78 is 6.36. The van der Waals surface area contributed by atoms with Gasteiger partial charge in [-0.15, -0.1) is 0 Å². The number of nitriles is 1. The molecule has 1 saturated heterocycles. The number of nitrogens with zero attached hydrogens (tertiary/aromatic N) is 1. The van der Waals surface area contributed by atoms with Gasteiger partial charge in [-0.2, -0.15) is 5.26 Å². The lowest BCUT2D eigenvalue weighted by Crippen LogP contribution is -2.38. The lowest BCUT2D eigenvalue weighted by Gasteiger charge is -2.35. The van der Waals surface area contributed by atoms with E-state index in [0.717, 1.165) is 32.1 Å². The second kappa shape index (κ2) is 5.48. The molecule has 0 radical (unpaired) electrons. The highest BCUT2D eigenvalue weighted by Crippen LogP contribution is 2.46. The molecule has 2 atom stereocenters. The van der Waals surface area contributed by atoms with Crippen LogP contribution in [0.15, 0.2) is 0 Å². The van der Waals surface area contributed by atoms with Crippen molar-refractivity contribution >= 4 is 5.78 Å². The summed E-state index contributed by atoms with van der Waals surface area (Å²) in [5.41, 5.74) is -0.639. The Labute approximate surface area is 121 Å². The Morgan fingerprint density at radius 2 is 1.85 bits per heavy atom. The van der Waals surface area contributed by atoms with Gasteiger partial charge in [-0.1, -0.05) is 25.7 Å². The number of rotatable bonds is 2. The lowest BCUT2D eigenvalue weighted by molar-refractivity contribution is -0.132. The fourth-order valence-electron chi connectivity index (χ4n) is 4.46. The zero-order chi connectivity index (χ0) is 14.1. The molecule has 3 aliphatic rings. The summed E-state index contributed by atoms with van der Waals surface area (Å²) in [4.78, 5) is 12.2. The Morgan fingerprint density at radius 1 is 1.10 bits per heavy atom. The zero-order valence-electron chi connectivity index (χ0n) is 12.3. The maximum absolute atomic E-state index is 12.2. The van der Waals surface area contributed by atoms with Crippen molar-refractivity contribution < 1.29 is 9.53 Å². The van der Waals surface area contributed by atoms with E-state index in [4.69, 9.17) is 4.74 Å². The van der Waals surface area contributed by atoms with E-state index in [1.807, 2.05) is 0 Å². The molecule has 0 aromatic heterocycles. The Morgan fingerprint density at radius 3 is 2.55 bits per heavy atom. The summed E-state index contributed by atoms with van der Waals surface area (Å²) in [5, 5.41) is 9.55. The van der Waals surface area contributed by atoms with Gasteiger partial charge in [0.25, 0.3) is 0 Å². The maximum atomic E-state index is 12.2. The Balaban J connectivity index is 1.66. The van der Waals surface area contributed by atoms with Crippen molar-refractivity contribution in [2.24, 2.45) is 5.41 Å². The molecule has 3 nitrogen and oxygen atoms in total. The predicted molar refractivity (Wildman–Crippen MR) is 76.1 cm³/mol. The van der Waals surface area contributed by atoms with Crippen molar-refractivity contribution in [2.45, 2.75) is 88.8 Å². The first-order valence-corrected chi connectivity index (χ1v) is 8.31. The van der Waals surface area contributed by atoms with E-state index in [-0.39, 0.29) is 17.5 Å². The van der Waals surface area contributed by atoms with E-state index in [0.29, 0.717) is 12.8 Å². The van der Waals surface area contributed by atoms with Crippen LogP contribution in [-0.4, -0.2) is 17.5 Å². The van der Waals surface area contributed by atoms with E-state index in [9.17, 15) is 10.1 Å². The topological polar surface area (TPSA) is 50.1 Å². The molecule has 0 bridgehead atoms. The Kier molecular flexibility index (Phi) is 3.86. The van der Waals surface area contributed by atoms with Crippen LogP contribution in [0.2, 0.25) is 0 Å². The van der Waals surface area contributed by atoms with Crippen LogP contribution in [0.5, 0.6) is 0 Å². The smallest absolute Gasteiger partial charge is 0.153 e. The minimum absolute atomic E-state index is 0.0945. The van der Waals surface area contributed by atoms with Crippen molar-refractivity contribution in [3.8, 4) is 6.07 Å². The molecule has 0 aromatic carbocycles. The van der Waals surface area contributed by atoms with E-state index in [1.54, 1.807) is 0 Å². The fourth-order valence-corrected chi connectivity index (χ4v) is 4.46. The van der Waals surface area contributed by atoms with E-state index < -0.39 is 5.41 Å². The molecule has 1 heterocycles. The molecule has 3 rings (SSSR count). The van der Waals surface area contributed by atoms with Crippen LogP contribution in [-0.2, 0) is 9.53 Å². The van der Waals surface area contributed by atoms with Gasteiger partial charge in [-0.25, -0.2) is 0 Å². The van der Waals surface area contributed by atoms with Crippen molar-refractivity contribution in [3.05, 3.63) is 0 Å². The van der Waals surface area contributed by atoms with Gasteiger partial charge in [-0.3, -0.25) is 4.79 Å². The third-order valence-corrected chi connectivity index (χ3v) is 5.68. The normalized spacial score (nSPS) is 37.0. The van der Waals surface area contributed by atoms with Gasteiger partial charge in [0, 0.05) is 6.42 Å². The summed E-state index contributed by atoms with van der Waals surface area (Å²) in [5.74, 6) is 0.166. The molecular weight excluding hydrogens is 250 g/mol. The highest BCUT2D eigenvalue weighted by Gasteiger charge is 2.47. The third-order valence-electron chi connectivity index (χ3n) is 5.68. The summed E-state index contributed by atoms with van der Waals surface area (Å²) in [6, 6.07) is 2.36. The van der Waals surface area contributed by atoms with Crippen LogP contribution in [0.4, 0.5) is 0 Å². The van der Waals surface area contributed by atoms with Gasteiger partial charge >= 0.3 is 0 Å². The molecule has 0 N–H and O–H groups in total. The minimum Gasteiger partial charge on any atom is -0.372 e. The average Bonchev–Trinajstić information content (AvgIpc) is 2.85. The number of carbonyl (C=O) groups excluding carboxylic acids is 1. The van der Waals surface area contributed by atoms with Crippen molar-refractivity contribution in [2.75, 3.05) is 0 Å². The molecule has 3 heteroatoms. The molecule has 3 fully saturated rings. The first-order chi connectivity index (χ1) is 9.68. The van der Waals surface area contributed by atoms with Gasteiger partial charge in [0.15, 0.2) is 5.78 Å². The zero-order valence-corrected chi connectivity index (χ0v) is 12.3. The van der Waals surface area contributed by atoms with Crippen LogP contribution in [0, 0.1) is 16.7 Å². The van der Waals surface area contributed by atoms with E-state index in [1.165, 1.54) is 32.1 Å². The largest absolute Gasteiger partial charge is 0.372 e. The highest BCUT2D eigenvalue weighted by molar-refractivity contribution is 5.88. The molecule has 110 valence electrons. The number of ketones is 1. The highest BCUT2D eigenvalue weighted by atomic mass is 16.5. The first-order valence-electron chi connectivity index (χ1n) is 8.31. The molecule has 0 amide bonds. The van der Waals surface area contributed by atoms with E-state index in [2.05, 4.69) is 6.07 Å². The SMILES string of the molecule is N#CC1(CC2CCC3(CCCCC3)O2)CCCCC1=O. The molecule has 2 unspecified atom stereocenters. The van der Waals surface area contributed by atoms with E-state index >= 15 is 0 Å². The summed E-state index contributed by atoms with van der Waals surface area (Å²) in [6.07, 6.45) is 12.5. The number of ether oxygens (including phenoxy) is 1. The minimum atomic E-state index is -0.733. The maximum Gasteiger partial charge on any atom is 0.153 e. The summed E-state index contributed by atoms with van der Waals surface area (Å²) >= 11 is 0. The lowest BCUT2D eigenvalue weighted by atomic mass is 9.70. The average molecular weight is 275 g/mol. The number of hydrogen-bond acceptors (Lipinski definition) is 3. The third kappa shape index (κ3) is 2.51. The van der Waals surface area contributed by atoms with Gasteiger partial charge < -0.3 is 4.74 Å². The monoisotopic (exact) mass is 275 g/mol. The van der Waals surface area contributed by atoms with Gasteiger partial charge in [-0.05, 0) is 44.9 Å². The van der Waals surface area contributed by atoms with Gasteiger partial charge in [0.1, 0.15) is 5.41 Å². The number of Topliss-reactive ketones (excluding diaryl/α,β-unsaturated/α-hetero) is 1. The molecular formula is C17H25NO2. The van der Waals surface area contributed by atoms with Gasteiger partial charge in [0.2, 0.25) is 0 Å². The number of carbonyl (C=O) groups is 1. The molecule has 1 spiro atoms. The van der Waals surface area contributed by atoms with Gasteiger partial charge in [0.05, 0.1) is 17.8 Å². The van der Waals surface area contributed by atoms with Crippen LogP contribution in [0.1, 0.15) is 77.0 Å². The summed E-state index contributed by atoms with van der Waals surface area (Å²) in [6.45, 7) is 0. The van der Waals surface area contributed by atoms with Crippen molar-refractivity contribution in [1.82, 2.24) is 0 Å². The second-order valence-electron chi connectivity index (χ2n) is 7.05. The molecule has 20 heavy (non-hydrogen) atoms. The number of hydrogen-bond donors (Lipinski definition) is 0. The molecule has 2 aliphatic carbocycles. The van der Waals surface area contributed by atoms with Crippen LogP contribution >= 0.6 is 0 Å². The fraction of sp³-hybridized carbons (Fsp3) is 0.882. The summed E-state index contributed by atoms with van der Waals surface area (Å²) in [7, 11) is 0. The van der Waals surface area contributed by atoms with Crippen LogP contribution < -0.4 is 0 Å². The predicted octanol–water partition coefficient (Wildman–Crippen LogP) is 3.91. The molecule has 1 aliphatic heterocycles. The molecule has 0 aromatic rings. The van der Waals surface area contributed by atoms with Crippen molar-refractivity contribution in [1.29, 1.82) is 5.26 Å². The Hall–Kier alpha value is -0.880.